The fourth-order valence-electron chi connectivity index (χ4n) is 2.16. The third-order valence-electron chi connectivity index (χ3n) is 3.34. The molecule has 1 amide bonds. The van der Waals surface area contributed by atoms with Gasteiger partial charge in [-0.05, 0) is 37.1 Å². The summed E-state index contributed by atoms with van der Waals surface area (Å²) in [4.78, 5) is 12.0. The fourth-order valence-corrected chi connectivity index (χ4v) is 4.74. The van der Waals surface area contributed by atoms with E-state index in [1.54, 1.807) is 6.92 Å². The van der Waals surface area contributed by atoms with Crippen molar-refractivity contribution in [3.63, 3.8) is 0 Å². The number of aryl methyl sites for hydroxylation is 1. The Kier molecular flexibility index (Phi) is 4.32. The second-order valence-electron chi connectivity index (χ2n) is 5.00. The normalized spacial score (nSPS) is 21.1. The first kappa shape index (κ1) is 16.3. The van der Waals surface area contributed by atoms with Crippen LogP contribution in [0.15, 0.2) is 23.1 Å². The molecule has 1 aliphatic rings. The highest BCUT2D eigenvalue weighted by atomic mass is 35.7. The minimum absolute atomic E-state index is 0.0213. The van der Waals surface area contributed by atoms with Gasteiger partial charge in [0.25, 0.3) is 9.05 Å². The van der Waals surface area contributed by atoms with Crippen LogP contribution in [-0.4, -0.2) is 34.2 Å². The number of benzene rings is 1. The van der Waals surface area contributed by atoms with Gasteiger partial charge in [-0.3, -0.25) is 4.79 Å². The van der Waals surface area contributed by atoms with E-state index in [-0.39, 0.29) is 22.3 Å². The van der Waals surface area contributed by atoms with Crippen LogP contribution >= 0.6 is 10.7 Å². The van der Waals surface area contributed by atoms with E-state index >= 15 is 0 Å². The van der Waals surface area contributed by atoms with Crippen LogP contribution in [0.3, 0.4) is 0 Å². The molecule has 1 aromatic carbocycles. The summed E-state index contributed by atoms with van der Waals surface area (Å²) in [6.45, 7) is 1.63. The predicted octanol–water partition coefficient (Wildman–Crippen LogP) is 1.30. The summed E-state index contributed by atoms with van der Waals surface area (Å²) in [6, 6.07) is 4.08. The zero-order chi connectivity index (χ0) is 15.8. The van der Waals surface area contributed by atoms with E-state index in [2.05, 4.69) is 5.32 Å². The Morgan fingerprint density at radius 1 is 1.38 bits per heavy atom. The van der Waals surface area contributed by atoms with Crippen LogP contribution in [-0.2, 0) is 23.7 Å². The number of amides is 1. The van der Waals surface area contributed by atoms with Gasteiger partial charge in [-0.15, -0.1) is 0 Å². The molecule has 2 rings (SSSR count). The summed E-state index contributed by atoms with van der Waals surface area (Å²) < 4.78 is 45.1. The van der Waals surface area contributed by atoms with E-state index in [4.69, 9.17) is 10.7 Å². The van der Waals surface area contributed by atoms with E-state index in [0.29, 0.717) is 17.7 Å². The molecule has 0 radical (unpaired) electrons. The lowest BCUT2D eigenvalue weighted by atomic mass is 10.1. The molecular weight excluding hydrogens is 338 g/mol. The van der Waals surface area contributed by atoms with Crippen LogP contribution in [0.1, 0.15) is 12.0 Å². The van der Waals surface area contributed by atoms with Gasteiger partial charge in [0.05, 0.1) is 22.3 Å². The Morgan fingerprint density at radius 3 is 2.52 bits per heavy atom. The minimum Gasteiger partial charge on any atom is -0.326 e. The minimum atomic E-state index is -3.82. The van der Waals surface area contributed by atoms with E-state index < -0.39 is 24.8 Å². The molecule has 0 bridgehead atoms. The van der Waals surface area contributed by atoms with E-state index in [0.717, 1.165) is 0 Å². The molecule has 1 aromatic rings. The van der Waals surface area contributed by atoms with Crippen molar-refractivity contribution in [2.75, 3.05) is 16.8 Å². The first-order chi connectivity index (χ1) is 9.58. The Hall–Kier alpha value is -1.12. The van der Waals surface area contributed by atoms with Crippen LogP contribution < -0.4 is 5.32 Å². The molecule has 116 valence electrons. The summed E-state index contributed by atoms with van der Waals surface area (Å²) in [5.41, 5.74) is 0.972. The SMILES string of the molecule is Cc1cc(S(=O)(=O)Cl)ccc1NC(=O)C1CCS(=O)(=O)C1. The average molecular weight is 352 g/mol. The molecular formula is C12H14ClNO5S2. The monoisotopic (exact) mass is 351 g/mol. The van der Waals surface area contributed by atoms with E-state index in [1.165, 1.54) is 18.2 Å². The topological polar surface area (TPSA) is 97.4 Å². The quantitative estimate of drug-likeness (QED) is 0.828. The van der Waals surface area contributed by atoms with Gasteiger partial charge in [-0.25, -0.2) is 16.8 Å². The van der Waals surface area contributed by atoms with Gasteiger partial charge in [0.15, 0.2) is 9.84 Å². The van der Waals surface area contributed by atoms with E-state index in [9.17, 15) is 21.6 Å². The standard InChI is InChI=1S/C12H14ClNO5S2/c1-8-6-10(21(13,18)19)2-3-11(8)14-12(15)9-4-5-20(16,17)7-9/h2-3,6,9H,4-5,7H2,1H3,(H,14,15). The predicted molar refractivity (Wildman–Crippen MR) is 79.6 cm³/mol. The lowest BCUT2D eigenvalue weighted by Crippen LogP contribution is -2.24. The maximum Gasteiger partial charge on any atom is 0.261 e. The number of sulfone groups is 1. The molecule has 1 aliphatic heterocycles. The molecule has 1 atom stereocenters. The number of halogens is 1. The zero-order valence-corrected chi connectivity index (χ0v) is 13.6. The lowest BCUT2D eigenvalue weighted by molar-refractivity contribution is -0.119. The van der Waals surface area contributed by atoms with Crippen LogP contribution in [0, 0.1) is 12.8 Å². The smallest absolute Gasteiger partial charge is 0.261 e. The molecule has 1 unspecified atom stereocenters. The molecule has 6 nitrogen and oxygen atoms in total. The molecule has 0 spiro atoms. The Morgan fingerprint density at radius 2 is 2.05 bits per heavy atom. The molecule has 9 heteroatoms. The van der Waals surface area contributed by atoms with Gasteiger partial charge in [0.1, 0.15) is 0 Å². The molecule has 1 saturated heterocycles. The maximum absolute atomic E-state index is 12.0. The Balaban J connectivity index is 2.16. The molecule has 0 saturated carbocycles. The third kappa shape index (κ3) is 3.96. The maximum atomic E-state index is 12.0. The van der Waals surface area contributed by atoms with Gasteiger partial charge >= 0.3 is 0 Å². The molecule has 1 heterocycles. The second-order valence-corrected chi connectivity index (χ2v) is 9.80. The number of carbonyl (C=O) groups excluding carboxylic acids is 1. The lowest BCUT2D eigenvalue weighted by Gasteiger charge is -2.12. The van der Waals surface area contributed by atoms with Crippen LogP contribution in [0.5, 0.6) is 0 Å². The molecule has 21 heavy (non-hydrogen) atoms. The van der Waals surface area contributed by atoms with Crippen molar-refractivity contribution in [2.24, 2.45) is 5.92 Å². The Bertz CT molecular complexity index is 786. The number of anilines is 1. The third-order valence-corrected chi connectivity index (χ3v) is 6.46. The van der Waals surface area contributed by atoms with Gasteiger partial charge in [-0.2, -0.15) is 0 Å². The molecule has 0 aromatic heterocycles. The fraction of sp³-hybridized carbons (Fsp3) is 0.417. The average Bonchev–Trinajstić information content (AvgIpc) is 2.71. The van der Waals surface area contributed by atoms with Crippen molar-refractivity contribution in [3.05, 3.63) is 23.8 Å². The number of hydrogen-bond donors (Lipinski definition) is 1. The van der Waals surface area contributed by atoms with Gasteiger partial charge < -0.3 is 5.32 Å². The molecule has 1 N–H and O–H groups in total. The molecule has 0 aliphatic carbocycles. The summed E-state index contributed by atoms with van der Waals surface area (Å²) in [5, 5.41) is 2.63. The highest BCUT2D eigenvalue weighted by Crippen LogP contribution is 2.24. The van der Waals surface area contributed by atoms with Crippen molar-refractivity contribution in [1.82, 2.24) is 0 Å². The summed E-state index contributed by atoms with van der Waals surface area (Å²) >= 11 is 0. The first-order valence-corrected chi connectivity index (χ1v) is 10.3. The summed E-state index contributed by atoms with van der Waals surface area (Å²) in [7, 11) is -1.71. The van der Waals surface area contributed by atoms with Gasteiger partial charge in [0, 0.05) is 16.4 Å². The number of hydrogen-bond acceptors (Lipinski definition) is 5. The van der Waals surface area contributed by atoms with Crippen molar-refractivity contribution in [2.45, 2.75) is 18.2 Å². The second kappa shape index (κ2) is 5.58. The number of rotatable bonds is 3. The number of nitrogens with one attached hydrogen (secondary N) is 1. The largest absolute Gasteiger partial charge is 0.326 e. The van der Waals surface area contributed by atoms with Crippen molar-refractivity contribution >= 4 is 41.2 Å². The van der Waals surface area contributed by atoms with Gasteiger partial charge in [-0.1, -0.05) is 0 Å². The highest BCUT2D eigenvalue weighted by Gasteiger charge is 2.33. The van der Waals surface area contributed by atoms with Crippen molar-refractivity contribution < 1.29 is 21.6 Å². The van der Waals surface area contributed by atoms with Crippen molar-refractivity contribution in [1.29, 1.82) is 0 Å². The van der Waals surface area contributed by atoms with E-state index in [1.807, 2.05) is 0 Å². The van der Waals surface area contributed by atoms with Crippen LogP contribution in [0.2, 0.25) is 0 Å². The van der Waals surface area contributed by atoms with Crippen molar-refractivity contribution in [3.8, 4) is 0 Å². The number of carbonyl (C=O) groups is 1. The zero-order valence-electron chi connectivity index (χ0n) is 11.2. The summed E-state index contributed by atoms with van der Waals surface area (Å²) in [5.74, 6) is -1.06. The first-order valence-electron chi connectivity index (χ1n) is 6.15. The molecule has 1 fully saturated rings. The van der Waals surface area contributed by atoms with Gasteiger partial charge in [0.2, 0.25) is 5.91 Å². The highest BCUT2D eigenvalue weighted by molar-refractivity contribution is 8.13. The Labute approximate surface area is 127 Å². The summed E-state index contributed by atoms with van der Waals surface area (Å²) in [6.07, 6.45) is 0.307. The van der Waals surface area contributed by atoms with Crippen LogP contribution in [0.4, 0.5) is 5.69 Å². The van der Waals surface area contributed by atoms with Crippen LogP contribution in [0.25, 0.3) is 0 Å².